The molecule has 7 heavy (non-hydrogen) atoms. The monoisotopic (exact) mass is 111 g/mol. The van der Waals surface area contributed by atoms with Gasteiger partial charge in [-0.3, -0.25) is 0 Å². The molecule has 0 heterocycles. The van der Waals surface area contributed by atoms with E-state index in [0.717, 1.165) is 0 Å². The molecule has 0 aliphatic heterocycles. The van der Waals surface area contributed by atoms with E-state index in [1.807, 2.05) is 0 Å². The summed E-state index contributed by atoms with van der Waals surface area (Å²) in [5.74, 6) is 0. The molecule has 0 saturated carbocycles. The van der Waals surface area contributed by atoms with Crippen LogP contribution in [-0.2, 0) is 0 Å². The summed E-state index contributed by atoms with van der Waals surface area (Å²) in [7, 11) is 0. The molecule has 0 aliphatic rings. The van der Waals surface area contributed by atoms with Gasteiger partial charge in [-0.05, 0) is 0 Å². The molecule has 46 valence electrons. The van der Waals surface area contributed by atoms with Gasteiger partial charge in [-0.1, -0.05) is 0 Å². The Morgan fingerprint density at radius 1 is 1.57 bits per heavy atom. The topological polar surface area (TPSA) is 75.5 Å². The summed E-state index contributed by atoms with van der Waals surface area (Å²) in [6.07, 6.45) is -1.18. The number of rotatable bonds is 2. The molecule has 0 radical (unpaired) electrons. The first-order valence-electron chi connectivity index (χ1n) is 1.66. The third-order valence-electron chi connectivity index (χ3n) is 0.389. The van der Waals surface area contributed by atoms with Crippen molar-refractivity contribution in [2.45, 2.75) is 6.10 Å². The van der Waals surface area contributed by atoms with Gasteiger partial charge in [0.25, 0.3) is 0 Å². The molecule has 5 N–H and O–H groups in total. The first-order valence-corrected chi connectivity index (χ1v) is 1.66. The Morgan fingerprint density at radius 2 is 2.00 bits per heavy atom. The normalized spacial score (nSPS) is 12.4. The highest BCUT2D eigenvalue weighted by Gasteiger charge is 1.95. The van der Waals surface area contributed by atoms with Crippen LogP contribution in [0.3, 0.4) is 0 Å². The smallest absolute Gasteiger partial charge is 0.118 e. The van der Waals surface area contributed by atoms with E-state index in [0.29, 0.717) is 0 Å². The molecular weight excluding hydrogens is 101 g/mol. The Bertz CT molecular complexity index is 32.1. The van der Waals surface area contributed by atoms with E-state index in [1.54, 1.807) is 0 Å². The van der Waals surface area contributed by atoms with Crippen molar-refractivity contribution in [1.29, 1.82) is 0 Å². The summed E-state index contributed by atoms with van der Waals surface area (Å²) < 4.78 is 11.0. The zero-order valence-corrected chi connectivity index (χ0v) is 3.97. The summed E-state index contributed by atoms with van der Waals surface area (Å²) in [6, 6.07) is 0. The van der Waals surface area contributed by atoms with Crippen molar-refractivity contribution in [3.63, 3.8) is 0 Å². The molecule has 0 aromatic carbocycles. The van der Waals surface area contributed by atoms with Crippen LogP contribution >= 0.6 is 0 Å². The van der Waals surface area contributed by atoms with E-state index in [9.17, 15) is 4.39 Å². The Balaban J connectivity index is 0. The van der Waals surface area contributed by atoms with E-state index in [4.69, 9.17) is 10.2 Å². The number of halogens is 1. The molecule has 0 amide bonds. The van der Waals surface area contributed by atoms with Crippen LogP contribution in [0, 0.1) is 0 Å². The van der Waals surface area contributed by atoms with Gasteiger partial charge in [0.1, 0.15) is 12.8 Å². The van der Waals surface area contributed by atoms with Crippen LogP contribution in [0.4, 0.5) is 4.39 Å². The zero-order chi connectivity index (χ0) is 4.99. The predicted molar refractivity (Wildman–Crippen MR) is 24.1 cm³/mol. The van der Waals surface area contributed by atoms with Gasteiger partial charge in [-0.25, -0.2) is 4.39 Å². The summed E-state index contributed by atoms with van der Waals surface area (Å²) >= 11 is 0. The van der Waals surface area contributed by atoms with Gasteiger partial charge in [0.05, 0.1) is 6.61 Å². The molecule has 0 spiro atoms. The van der Waals surface area contributed by atoms with E-state index < -0.39 is 19.4 Å². The molecule has 0 fully saturated rings. The predicted octanol–water partition coefficient (Wildman–Crippen LogP) is -0.529. The van der Waals surface area contributed by atoms with Crippen molar-refractivity contribution >= 4 is 0 Å². The summed E-state index contributed by atoms with van der Waals surface area (Å²) in [4.78, 5) is 0. The van der Waals surface area contributed by atoms with Crippen LogP contribution in [0.2, 0.25) is 0 Å². The molecule has 0 aliphatic carbocycles. The van der Waals surface area contributed by atoms with Crippen LogP contribution in [0.25, 0.3) is 0 Å². The fourth-order valence-corrected chi connectivity index (χ4v) is 0.0488. The number of hydrogen-bond acceptors (Lipinski definition) is 3. The highest BCUT2D eigenvalue weighted by Crippen LogP contribution is 1.77. The quantitative estimate of drug-likeness (QED) is 0.448. The maximum atomic E-state index is 11.0. The minimum atomic E-state index is -1.18. The fraction of sp³-hybridized carbons (Fsp3) is 1.00. The number of hydrogen-bond donors (Lipinski definition) is 3. The first kappa shape index (κ1) is 9.94. The summed E-state index contributed by atoms with van der Waals surface area (Å²) in [6.45, 7) is -1.35. The van der Waals surface area contributed by atoms with Gasteiger partial charge >= 0.3 is 0 Å². The highest BCUT2D eigenvalue weighted by atomic mass is 19.1. The first-order chi connectivity index (χ1) is 2.81. The Hall–Kier alpha value is -0.190. The second-order valence-electron chi connectivity index (χ2n) is 0.991. The summed E-state index contributed by atoms with van der Waals surface area (Å²) in [5, 5.41) is 15.9. The average Bonchev–Trinajstić information content (AvgIpc) is 1.65. The maximum absolute atomic E-state index is 11.0. The van der Waals surface area contributed by atoms with Gasteiger partial charge < -0.3 is 16.4 Å². The van der Waals surface area contributed by atoms with E-state index >= 15 is 0 Å². The van der Waals surface area contributed by atoms with Crippen molar-refractivity contribution in [1.82, 2.24) is 6.15 Å². The second-order valence-corrected chi connectivity index (χ2v) is 0.991. The minimum absolute atomic E-state index is 0. The molecule has 0 aromatic heterocycles. The van der Waals surface area contributed by atoms with Gasteiger partial charge in [0.2, 0.25) is 0 Å². The van der Waals surface area contributed by atoms with Crippen LogP contribution in [0.15, 0.2) is 0 Å². The number of aliphatic hydroxyl groups is 2. The SMILES string of the molecule is N.OCC(O)CF. The Kier molecular flexibility index (Phi) is 8.25. The van der Waals surface area contributed by atoms with Crippen LogP contribution in [0.5, 0.6) is 0 Å². The lowest BCUT2D eigenvalue weighted by molar-refractivity contribution is 0.0737. The standard InChI is InChI=1S/C3H7FO2.H3N/c4-1-3(6)2-5;/h3,5-6H,1-2H2;1H3. The molecule has 0 aromatic rings. The molecule has 1 atom stereocenters. The van der Waals surface area contributed by atoms with Crippen LogP contribution in [0.1, 0.15) is 0 Å². The average molecular weight is 111 g/mol. The molecule has 1 unspecified atom stereocenters. The van der Waals surface area contributed by atoms with E-state index in [2.05, 4.69) is 0 Å². The van der Waals surface area contributed by atoms with Gasteiger partial charge in [0, 0.05) is 0 Å². The molecule has 0 rings (SSSR count). The number of alkyl halides is 1. The van der Waals surface area contributed by atoms with E-state index in [1.165, 1.54) is 0 Å². The van der Waals surface area contributed by atoms with Gasteiger partial charge in [-0.2, -0.15) is 0 Å². The molecule has 4 heteroatoms. The Labute approximate surface area is 41.4 Å². The Morgan fingerprint density at radius 3 is 2.00 bits per heavy atom. The minimum Gasteiger partial charge on any atom is -0.394 e. The van der Waals surface area contributed by atoms with Crippen LogP contribution < -0.4 is 6.15 Å². The molecule has 3 nitrogen and oxygen atoms in total. The summed E-state index contributed by atoms with van der Waals surface area (Å²) in [5.41, 5.74) is 0. The molecule has 0 bridgehead atoms. The number of aliphatic hydroxyl groups excluding tert-OH is 2. The largest absolute Gasteiger partial charge is 0.394 e. The van der Waals surface area contributed by atoms with Gasteiger partial charge in [0.15, 0.2) is 0 Å². The van der Waals surface area contributed by atoms with Crippen molar-refractivity contribution in [3.8, 4) is 0 Å². The van der Waals surface area contributed by atoms with Crippen LogP contribution in [-0.4, -0.2) is 29.6 Å². The van der Waals surface area contributed by atoms with Crippen molar-refractivity contribution in [2.24, 2.45) is 0 Å². The van der Waals surface area contributed by atoms with Gasteiger partial charge in [-0.15, -0.1) is 0 Å². The zero-order valence-electron chi connectivity index (χ0n) is 3.97. The van der Waals surface area contributed by atoms with Crippen molar-refractivity contribution in [2.75, 3.05) is 13.3 Å². The molecule has 0 saturated heterocycles. The third kappa shape index (κ3) is 5.81. The third-order valence-corrected chi connectivity index (χ3v) is 0.389. The second kappa shape index (κ2) is 5.81. The van der Waals surface area contributed by atoms with E-state index in [-0.39, 0.29) is 6.15 Å². The lowest BCUT2D eigenvalue weighted by atomic mass is 10.4. The van der Waals surface area contributed by atoms with Crippen molar-refractivity contribution < 1.29 is 14.6 Å². The molecular formula is C3H10FNO2. The maximum Gasteiger partial charge on any atom is 0.118 e. The highest BCUT2D eigenvalue weighted by molar-refractivity contribution is 4.44. The lowest BCUT2D eigenvalue weighted by Gasteiger charge is -1.94. The fourth-order valence-electron chi connectivity index (χ4n) is 0.0488. The van der Waals surface area contributed by atoms with Crippen molar-refractivity contribution in [3.05, 3.63) is 0 Å². The lowest BCUT2D eigenvalue weighted by Crippen LogP contribution is -2.13.